The van der Waals surface area contributed by atoms with Gasteiger partial charge in [0.1, 0.15) is 0 Å². The van der Waals surface area contributed by atoms with Crippen LogP contribution in [0.4, 0.5) is 11.6 Å². The fourth-order valence-electron chi connectivity index (χ4n) is 4.95. The lowest BCUT2D eigenvalue weighted by molar-refractivity contribution is 0.496. The molecule has 1 saturated heterocycles. The van der Waals surface area contributed by atoms with Gasteiger partial charge in [0.15, 0.2) is 11.2 Å². The molecule has 5 heterocycles. The number of anilines is 1. The molecule has 182 valence electrons. The minimum Gasteiger partial charge on any atom is -0.341 e. The van der Waals surface area contributed by atoms with E-state index in [9.17, 15) is 9.59 Å². The van der Waals surface area contributed by atoms with E-state index in [4.69, 9.17) is 15.7 Å². The number of imidazole rings is 1. The second-order valence-corrected chi connectivity index (χ2v) is 9.36. The fourth-order valence-corrected chi connectivity index (χ4v) is 4.95. The third-order valence-corrected chi connectivity index (χ3v) is 6.89. The predicted octanol–water partition coefficient (Wildman–Crippen LogP) is 1.21. The van der Waals surface area contributed by atoms with Crippen molar-refractivity contribution in [2.24, 2.45) is 23.7 Å². The van der Waals surface area contributed by atoms with Crippen molar-refractivity contribution in [3.05, 3.63) is 44.9 Å². The maximum Gasteiger partial charge on any atom is 0.332 e. The van der Waals surface area contributed by atoms with Crippen molar-refractivity contribution in [2.45, 2.75) is 52.2 Å². The Labute approximate surface area is 203 Å². The number of rotatable bonds is 4. The normalized spacial score (nSPS) is 19.8. The summed E-state index contributed by atoms with van der Waals surface area (Å²) in [6.45, 7) is 5.67. The first-order chi connectivity index (χ1) is 16.9. The van der Waals surface area contributed by atoms with Crippen molar-refractivity contribution < 1.29 is 0 Å². The van der Waals surface area contributed by atoms with Gasteiger partial charge in [0.2, 0.25) is 5.95 Å². The zero-order valence-corrected chi connectivity index (χ0v) is 20.4. The molecule has 0 saturated carbocycles. The van der Waals surface area contributed by atoms with Crippen LogP contribution in [0.5, 0.6) is 0 Å². The molecule has 2 aliphatic heterocycles. The van der Waals surface area contributed by atoms with Crippen LogP contribution < -0.4 is 21.9 Å². The first kappa shape index (κ1) is 23.1. The smallest absolute Gasteiger partial charge is 0.332 e. The number of hydrogen-bond acceptors (Lipinski definition) is 7. The number of pyridine rings is 1. The number of hydrogen-bond donors (Lipinski definition) is 1. The van der Waals surface area contributed by atoms with E-state index in [0.29, 0.717) is 30.2 Å². The molecule has 0 amide bonds. The van der Waals surface area contributed by atoms with Crippen molar-refractivity contribution >= 4 is 28.5 Å². The molecule has 0 aromatic carbocycles. The zero-order valence-electron chi connectivity index (χ0n) is 20.4. The summed E-state index contributed by atoms with van der Waals surface area (Å²) in [4.78, 5) is 43.2. The molecule has 0 aliphatic carbocycles. The second kappa shape index (κ2) is 9.15. The van der Waals surface area contributed by atoms with Gasteiger partial charge < -0.3 is 10.6 Å². The quantitative estimate of drug-likeness (QED) is 0.568. The van der Waals surface area contributed by atoms with Crippen LogP contribution in [0.25, 0.3) is 11.2 Å². The largest absolute Gasteiger partial charge is 0.341 e. The molecular weight excluding hydrogens is 444 g/mol. The maximum atomic E-state index is 13.8. The average Bonchev–Trinajstić information content (AvgIpc) is 3.24. The van der Waals surface area contributed by atoms with Crippen molar-refractivity contribution in [1.82, 2.24) is 23.7 Å². The van der Waals surface area contributed by atoms with E-state index in [1.54, 1.807) is 20.2 Å². The molecule has 35 heavy (non-hydrogen) atoms. The van der Waals surface area contributed by atoms with Gasteiger partial charge in [-0.3, -0.25) is 28.5 Å². The van der Waals surface area contributed by atoms with E-state index in [0.717, 1.165) is 42.9 Å². The molecule has 0 spiro atoms. The molecule has 2 aliphatic rings. The first-order valence-electron chi connectivity index (χ1n) is 12.0. The van der Waals surface area contributed by atoms with Gasteiger partial charge >= 0.3 is 5.69 Å². The standard InChI is InChI=1S/C25H30N8O2/c1-4-5-12-32-21-22(29-24(32)31-11-7-8-17(26)14-31)30(3)25(35)33(23(21)34)15-20-16(2)13-19-18(28-20)9-6-10-27-19/h6,9-10,16-17H,7-8,11-15,26H2,1-3H3/t16?,17-/m1/s1. The van der Waals surface area contributed by atoms with E-state index in [-0.39, 0.29) is 24.1 Å². The Kier molecular flexibility index (Phi) is 6.03. The molecule has 3 aromatic rings. The highest BCUT2D eigenvalue weighted by molar-refractivity contribution is 5.91. The van der Waals surface area contributed by atoms with E-state index in [2.05, 4.69) is 21.7 Å². The number of nitrogens with two attached hydrogens (primary N) is 1. The molecule has 3 aromatic heterocycles. The number of aliphatic imine (C=N–C) groups is 1. The van der Waals surface area contributed by atoms with Gasteiger partial charge in [-0.1, -0.05) is 12.8 Å². The summed E-state index contributed by atoms with van der Waals surface area (Å²) in [5, 5.41) is 0. The van der Waals surface area contributed by atoms with Gasteiger partial charge in [0.25, 0.3) is 5.56 Å². The van der Waals surface area contributed by atoms with Crippen molar-refractivity contribution in [3.8, 4) is 11.8 Å². The monoisotopic (exact) mass is 474 g/mol. The molecule has 10 nitrogen and oxygen atoms in total. The van der Waals surface area contributed by atoms with Crippen molar-refractivity contribution in [3.63, 3.8) is 0 Å². The number of aryl methyl sites for hydroxylation is 1. The van der Waals surface area contributed by atoms with E-state index >= 15 is 0 Å². The number of aromatic nitrogens is 5. The summed E-state index contributed by atoms with van der Waals surface area (Å²) < 4.78 is 4.54. The molecule has 5 rings (SSSR count). The van der Waals surface area contributed by atoms with Crippen LogP contribution >= 0.6 is 0 Å². The lowest BCUT2D eigenvalue weighted by Crippen LogP contribution is -2.44. The van der Waals surface area contributed by atoms with Crippen LogP contribution in [0, 0.1) is 17.8 Å². The van der Waals surface area contributed by atoms with Gasteiger partial charge in [-0.2, -0.15) is 4.98 Å². The van der Waals surface area contributed by atoms with Crippen LogP contribution in [0.2, 0.25) is 0 Å². The second-order valence-electron chi connectivity index (χ2n) is 9.36. The summed E-state index contributed by atoms with van der Waals surface area (Å²) in [5.74, 6) is 6.66. The zero-order chi connectivity index (χ0) is 24.7. The Morgan fingerprint density at radius 1 is 1.26 bits per heavy atom. The maximum absolute atomic E-state index is 13.8. The highest BCUT2D eigenvalue weighted by atomic mass is 16.2. The van der Waals surface area contributed by atoms with Crippen molar-refractivity contribution in [1.29, 1.82) is 0 Å². The number of piperidine rings is 1. The van der Waals surface area contributed by atoms with Gasteiger partial charge in [-0.25, -0.2) is 4.79 Å². The third kappa shape index (κ3) is 4.06. The summed E-state index contributed by atoms with van der Waals surface area (Å²) in [6.07, 6.45) is 4.37. The van der Waals surface area contributed by atoms with Gasteiger partial charge in [-0.05, 0) is 38.3 Å². The van der Waals surface area contributed by atoms with E-state index in [1.165, 1.54) is 9.13 Å². The number of nitrogens with zero attached hydrogens (tertiary/aromatic N) is 7. The van der Waals surface area contributed by atoms with Crippen LogP contribution in [0.3, 0.4) is 0 Å². The predicted molar refractivity (Wildman–Crippen MR) is 136 cm³/mol. The molecule has 0 radical (unpaired) electrons. The Bertz CT molecular complexity index is 1500. The highest BCUT2D eigenvalue weighted by Gasteiger charge is 2.27. The summed E-state index contributed by atoms with van der Waals surface area (Å²) in [7, 11) is 1.65. The topological polar surface area (TPSA) is 116 Å². The van der Waals surface area contributed by atoms with Crippen LogP contribution in [0.15, 0.2) is 32.9 Å². The minimum absolute atomic E-state index is 0.0397. The molecule has 1 unspecified atom stereocenters. The Morgan fingerprint density at radius 2 is 2.09 bits per heavy atom. The fraction of sp³-hybridized carbons (Fsp3) is 0.480. The number of fused-ring (bicyclic) bond motifs is 2. The van der Waals surface area contributed by atoms with Crippen LogP contribution in [-0.4, -0.2) is 48.5 Å². The Morgan fingerprint density at radius 3 is 2.86 bits per heavy atom. The highest BCUT2D eigenvalue weighted by Crippen LogP contribution is 2.27. The molecule has 2 N–H and O–H groups in total. The summed E-state index contributed by atoms with van der Waals surface area (Å²) in [6, 6.07) is 3.79. The average molecular weight is 475 g/mol. The molecule has 1 fully saturated rings. The van der Waals surface area contributed by atoms with Crippen molar-refractivity contribution in [2.75, 3.05) is 18.0 Å². The summed E-state index contributed by atoms with van der Waals surface area (Å²) >= 11 is 0. The van der Waals surface area contributed by atoms with E-state index in [1.807, 2.05) is 23.6 Å². The Hall–Kier alpha value is -3.71. The molecule has 2 atom stereocenters. The summed E-state index contributed by atoms with van der Waals surface area (Å²) in [5.41, 5.74) is 8.66. The lowest BCUT2D eigenvalue weighted by atomic mass is 9.95. The molecular formula is C25H30N8O2. The van der Waals surface area contributed by atoms with Crippen LogP contribution in [0.1, 0.15) is 32.4 Å². The van der Waals surface area contributed by atoms with Gasteiger partial charge in [-0.15, -0.1) is 5.92 Å². The third-order valence-electron chi connectivity index (χ3n) is 6.89. The van der Waals surface area contributed by atoms with Gasteiger partial charge in [0, 0.05) is 44.0 Å². The Balaban J connectivity index is 1.66. The molecule has 0 bridgehead atoms. The minimum atomic E-state index is -0.414. The van der Waals surface area contributed by atoms with E-state index < -0.39 is 5.69 Å². The van der Waals surface area contributed by atoms with Gasteiger partial charge in [0.05, 0.1) is 24.5 Å². The molecule has 10 heteroatoms. The SMILES string of the molecule is CC#CCn1c(N2CCC[C@@H](N)C2)nc2c1c(=O)n(CC1=Nc3cccnc3CC1C)c(=O)n2C. The first-order valence-corrected chi connectivity index (χ1v) is 12.0. The lowest BCUT2D eigenvalue weighted by Gasteiger charge is -2.31. The van der Waals surface area contributed by atoms with Crippen LogP contribution in [-0.2, 0) is 26.6 Å².